The molecule has 1 saturated heterocycles. The fraction of sp³-hybridized carbons (Fsp3) is 0.529. The van der Waals surface area contributed by atoms with E-state index in [1.54, 1.807) is 20.8 Å². The lowest BCUT2D eigenvalue weighted by Crippen LogP contribution is -2.54. The van der Waals surface area contributed by atoms with Crippen molar-refractivity contribution in [3.05, 3.63) is 35.9 Å². The van der Waals surface area contributed by atoms with Crippen molar-refractivity contribution in [2.24, 2.45) is 0 Å². The minimum atomic E-state index is -1.96. The number of benzene rings is 1. The van der Waals surface area contributed by atoms with Crippen LogP contribution in [0.25, 0.3) is 0 Å². The van der Waals surface area contributed by atoms with Crippen LogP contribution in [0.5, 0.6) is 0 Å². The molecule has 1 aromatic rings. The summed E-state index contributed by atoms with van der Waals surface area (Å²) in [6.45, 7) is 5.49. The first-order chi connectivity index (χ1) is 10.7. The van der Waals surface area contributed by atoms with Crippen LogP contribution in [-0.2, 0) is 20.9 Å². The molecule has 0 bridgehead atoms. The standard InChI is InChI=1S/C17H23NO5/c1-16(2,3)23-15(20)18-11-7-10-17(18,21)14(19)22-12-13-8-5-4-6-9-13/h4-6,8-9,21H,7,10-12H2,1-3H3/t17-/m0/s1. The second kappa shape index (κ2) is 6.58. The van der Waals surface area contributed by atoms with Gasteiger partial charge in [0.2, 0.25) is 5.72 Å². The third kappa shape index (κ3) is 4.22. The van der Waals surface area contributed by atoms with E-state index in [2.05, 4.69) is 0 Å². The summed E-state index contributed by atoms with van der Waals surface area (Å²) in [5.74, 6) is -0.829. The Labute approximate surface area is 136 Å². The summed E-state index contributed by atoms with van der Waals surface area (Å²) in [6.07, 6.45) is -0.0649. The molecule has 1 heterocycles. The van der Waals surface area contributed by atoms with Gasteiger partial charge in [-0.3, -0.25) is 4.90 Å². The van der Waals surface area contributed by atoms with E-state index in [4.69, 9.17) is 9.47 Å². The average molecular weight is 321 g/mol. The minimum absolute atomic E-state index is 0.0458. The van der Waals surface area contributed by atoms with Crippen LogP contribution in [0.15, 0.2) is 30.3 Å². The van der Waals surface area contributed by atoms with Crippen molar-refractivity contribution in [1.29, 1.82) is 0 Å². The number of carbonyl (C=O) groups is 2. The molecule has 0 aromatic heterocycles. The molecule has 6 nitrogen and oxygen atoms in total. The van der Waals surface area contributed by atoms with Crippen LogP contribution in [0.2, 0.25) is 0 Å². The SMILES string of the molecule is CC(C)(C)OC(=O)N1CCC[C@]1(O)C(=O)OCc1ccccc1. The Morgan fingerprint density at radius 3 is 2.52 bits per heavy atom. The Morgan fingerprint density at radius 1 is 1.26 bits per heavy atom. The van der Waals surface area contributed by atoms with Gasteiger partial charge < -0.3 is 14.6 Å². The van der Waals surface area contributed by atoms with Gasteiger partial charge in [-0.25, -0.2) is 9.59 Å². The first-order valence-electron chi connectivity index (χ1n) is 7.66. The predicted octanol–water partition coefficient (Wildman–Crippen LogP) is 2.45. The van der Waals surface area contributed by atoms with E-state index in [-0.39, 0.29) is 19.6 Å². The molecular weight excluding hydrogens is 298 g/mol. The molecule has 0 aliphatic carbocycles. The largest absolute Gasteiger partial charge is 0.457 e. The molecule has 1 fully saturated rings. The Morgan fingerprint density at radius 2 is 1.91 bits per heavy atom. The zero-order chi connectivity index (χ0) is 17.1. The van der Waals surface area contributed by atoms with Gasteiger partial charge >= 0.3 is 12.1 Å². The number of ether oxygens (including phenoxy) is 2. The normalized spacial score (nSPS) is 21.1. The van der Waals surface area contributed by atoms with Crippen LogP contribution in [0.1, 0.15) is 39.2 Å². The van der Waals surface area contributed by atoms with E-state index < -0.39 is 23.4 Å². The van der Waals surface area contributed by atoms with Crippen LogP contribution in [0.3, 0.4) is 0 Å². The highest BCUT2D eigenvalue weighted by Crippen LogP contribution is 2.30. The lowest BCUT2D eigenvalue weighted by Gasteiger charge is -2.32. The second-order valence-corrected chi connectivity index (χ2v) is 6.61. The molecular formula is C17H23NO5. The summed E-state index contributed by atoms with van der Waals surface area (Å²) >= 11 is 0. The first kappa shape index (κ1) is 17.3. The third-order valence-electron chi connectivity index (χ3n) is 3.51. The van der Waals surface area contributed by atoms with Crippen molar-refractivity contribution in [1.82, 2.24) is 4.90 Å². The molecule has 0 saturated carbocycles. The van der Waals surface area contributed by atoms with Crippen molar-refractivity contribution in [3.8, 4) is 0 Å². The number of carbonyl (C=O) groups excluding carboxylic acids is 2. The number of aliphatic hydroxyl groups is 1. The molecule has 126 valence electrons. The number of amides is 1. The van der Waals surface area contributed by atoms with Crippen LogP contribution >= 0.6 is 0 Å². The van der Waals surface area contributed by atoms with Crippen LogP contribution in [0, 0.1) is 0 Å². The highest BCUT2D eigenvalue weighted by atomic mass is 16.6. The number of likely N-dealkylation sites (tertiary alicyclic amines) is 1. The first-order valence-corrected chi connectivity index (χ1v) is 7.66. The number of hydrogen-bond acceptors (Lipinski definition) is 5. The minimum Gasteiger partial charge on any atom is -0.457 e. The van der Waals surface area contributed by atoms with Crippen molar-refractivity contribution < 1.29 is 24.2 Å². The maximum Gasteiger partial charge on any atom is 0.413 e. The van der Waals surface area contributed by atoms with Gasteiger partial charge in [0.05, 0.1) is 0 Å². The van der Waals surface area contributed by atoms with Gasteiger partial charge in [0.25, 0.3) is 0 Å². The Kier molecular flexibility index (Phi) is 4.94. The molecule has 1 aromatic carbocycles. The molecule has 1 amide bonds. The van der Waals surface area contributed by atoms with Gasteiger partial charge in [0, 0.05) is 13.0 Å². The maximum absolute atomic E-state index is 12.3. The third-order valence-corrected chi connectivity index (χ3v) is 3.51. The van der Waals surface area contributed by atoms with Crippen LogP contribution in [-0.4, -0.2) is 39.9 Å². The van der Waals surface area contributed by atoms with Gasteiger partial charge in [-0.05, 0) is 32.8 Å². The highest BCUT2D eigenvalue weighted by molar-refractivity contribution is 5.84. The van der Waals surface area contributed by atoms with Crippen molar-refractivity contribution >= 4 is 12.1 Å². The van der Waals surface area contributed by atoms with Crippen molar-refractivity contribution in [2.75, 3.05) is 6.54 Å². The fourth-order valence-electron chi connectivity index (χ4n) is 2.41. The summed E-state index contributed by atoms with van der Waals surface area (Å²) < 4.78 is 10.4. The van der Waals surface area contributed by atoms with Gasteiger partial charge in [-0.15, -0.1) is 0 Å². The molecule has 0 radical (unpaired) electrons. The van der Waals surface area contributed by atoms with Gasteiger partial charge in [0.1, 0.15) is 12.2 Å². The summed E-state index contributed by atoms with van der Waals surface area (Å²) in [6, 6.07) is 9.16. The number of rotatable bonds is 3. The van der Waals surface area contributed by atoms with E-state index in [1.807, 2.05) is 30.3 Å². The molecule has 23 heavy (non-hydrogen) atoms. The number of hydrogen-bond donors (Lipinski definition) is 1. The Balaban J connectivity index is 2.03. The lowest BCUT2D eigenvalue weighted by molar-refractivity contribution is -0.182. The number of nitrogens with zero attached hydrogens (tertiary/aromatic N) is 1. The second-order valence-electron chi connectivity index (χ2n) is 6.61. The maximum atomic E-state index is 12.3. The zero-order valence-corrected chi connectivity index (χ0v) is 13.7. The summed E-state index contributed by atoms with van der Waals surface area (Å²) in [4.78, 5) is 25.5. The molecule has 6 heteroatoms. The van der Waals surface area contributed by atoms with Crippen molar-refractivity contribution in [2.45, 2.75) is 51.5 Å². The van der Waals surface area contributed by atoms with Gasteiger partial charge in [0.15, 0.2) is 0 Å². The zero-order valence-electron chi connectivity index (χ0n) is 13.7. The van der Waals surface area contributed by atoms with E-state index in [0.717, 1.165) is 10.5 Å². The van der Waals surface area contributed by atoms with Crippen LogP contribution in [0.4, 0.5) is 4.79 Å². The molecule has 1 aliphatic rings. The lowest BCUT2D eigenvalue weighted by atomic mass is 10.1. The highest BCUT2D eigenvalue weighted by Gasteiger charge is 2.51. The predicted molar refractivity (Wildman–Crippen MR) is 83.4 cm³/mol. The Bertz CT molecular complexity index is 566. The molecule has 2 rings (SSSR count). The van der Waals surface area contributed by atoms with Crippen LogP contribution < -0.4 is 0 Å². The van der Waals surface area contributed by atoms with E-state index >= 15 is 0 Å². The van der Waals surface area contributed by atoms with Gasteiger partial charge in [-0.1, -0.05) is 30.3 Å². The number of esters is 1. The quantitative estimate of drug-likeness (QED) is 0.865. The molecule has 1 atom stereocenters. The summed E-state index contributed by atoms with van der Waals surface area (Å²) in [7, 11) is 0. The van der Waals surface area contributed by atoms with E-state index in [0.29, 0.717) is 6.42 Å². The monoisotopic (exact) mass is 321 g/mol. The summed E-state index contributed by atoms with van der Waals surface area (Å²) in [5.41, 5.74) is -1.85. The summed E-state index contributed by atoms with van der Waals surface area (Å²) in [5, 5.41) is 10.6. The molecule has 0 spiro atoms. The van der Waals surface area contributed by atoms with E-state index in [1.165, 1.54) is 0 Å². The molecule has 1 N–H and O–H groups in total. The van der Waals surface area contributed by atoms with E-state index in [9.17, 15) is 14.7 Å². The molecule has 0 unspecified atom stereocenters. The Hall–Kier alpha value is -2.08. The fourth-order valence-corrected chi connectivity index (χ4v) is 2.41. The smallest absolute Gasteiger partial charge is 0.413 e. The molecule has 1 aliphatic heterocycles. The van der Waals surface area contributed by atoms with Gasteiger partial charge in [-0.2, -0.15) is 0 Å². The topological polar surface area (TPSA) is 76.1 Å². The van der Waals surface area contributed by atoms with Crippen molar-refractivity contribution in [3.63, 3.8) is 0 Å². The average Bonchev–Trinajstić information content (AvgIpc) is 2.87.